The third-order valence-electron chi connectivity index (χ3n) is 2.59. The maximum absolute atomic E-state index is 13.9. The summed E-state index contributed by atoms with van der Waals surface area (Å²) in [5.41, 5.74) is 0.415. The Hall–Kier alpha value is -1.26. The van der Waals surface area contributed by atoms with E-state index in [1.807, 2.05) is 11.4 Å². The van der Waals surface area contributed by atoms with Gasteiger partial charge in [0.15, 0.2) is 0 Å². The van der Waals surface area contributed by atoms with Gasteiger partial charge in [-0.3, -0.25) is 0 Å². The van der Waals surface area contributed by atoms with Gasteiger partial charge in [0.05, 0.1) is 24.5 Å². The van der Waals surface area contributed by atoms with Crippen molar-refractivity contribution in [3.8, 4) is 11.5 Å². The highest BCUT2D eigenvalue weighted by Gasteiger charge is 2.20. The summed E-state index contributed by atoms with van der Waals surface area (Å²) in [6, 6.07) is 6.46. The largest absolute Gasteiger partial charge is 0.497 e. The molecular weight excluding hydrogens is 275 g/mol. The minimum Gasteiger partial charge on any atom is -0.497 e. The SMILES string of the molecule is COc1ccc(C(Cl)c2sccc2OC)c(F)c1. The smallest absolute Gasteiger partial charge is 0.134 e. The predicted molar refractivity (Wildman–Crippen MR) is 71.5 cm³/mol. The zero-order valence-electron chi connectivity index (χ0n) is 9.94. The van der Waals surface area contributed by atoms with Crippen LogP contribution in [-0.2, 0) is 0 Å². The number of thiophene rings is 1. The average Bonchev–Trinajstić information content (AvgIpc) is 2.86. The molecule has 1 atom stereocenters. The first kappa shape index (κ1) is 13.2. The van der Waals surface area contributed by atoms with E-state index in [1.54, 1.807) is 19.2 Å². The molecule has 1 heterocycles. The third-order valence-corrected chi connectivity index (χ3v) is 4.13. The van der Waals surface area contributed by atoms with Gasteiger partial charge in [-0.2, -0.15) is 0 Å². The predicted octanol–water partition coefficient (Wildman–Crippen LogP) is 4.23. The van der Waals surface area contributed by atoms with Crippen molar-refractivity contribution in [3.05, 3.63) is 45.9 Å². The lowest BCUT2D eigenvalue weighted by atomic mass is 10.1. The molecule has 0 amide bonds. The van der Waals surface area contributed by atoms with Gasteiger partial charge < -0.3 is 9.47 Å². The van der Waals surface area contributed by atoms with Gasteiger partial charge in [-0.05, 0) is 17.5 Å². The summed E-state index contributed by atoms with van der Waals surface area (Å²) in [4.78, 5) is 0.795. The number of halogens is 2. The van der Waals surface area contributed by atoms with Crippen LogP contribution < -0.4 is 9.47 Å². The Morgan fingerprint density at radius 2 is 2.00 bits per heavy atom. The summed E-state index contributed by atoms with van der Waals surface area (Å²) < 4.78 is 24.1. The number of ether oxygens (including phenoxy) is 2. The Morgan fingerprint density at radius 3 is 2.61 bits per heavy atom. The Kier molecular flexibility index (Phi) is 4.09. The molecule has 0 aliphatic heterocycles. The van der Waals surface area contributed by atoms with E-state index in [2.05, 4.69) is 0 Å². The Bertz CT molecular complexity index is 542. The minimum absolute atomic E-state index is 0.384. The number of hydrogen-bond donors (Lipinski definition) is 0. The van der Waals surface area contributed by atoms with Crippen LogP contribution in [0.2, 0.25) is 0 Å². The normalized spacial score (nSPS) is 12.2. The van der Waals surface area contributed by atoms with Crippen LogP contribution in [0, 0.1) is 5.82 Å². The van der Waals surface area contributed by atoms with Gasteiger partial charge in [0.25, 0.3) is 0 Å². The molecule has 0 saturated heterocycles. The average molecular weight is 287 g/mol. The van der Waals surface area contributed by atoms with E-state index in [1.165, 1.54) is 24.5 Å². The van der Waals surface area contributed by atoms with Crippen LogP contribution in [0.25, 0.3) is 0 Å². The second kappa shape index (κ2) is 5.59. The molecule has 0 aliphatic rings. The molecule has 0 aliphatic carbocycles. The van der Waals surface area contributed by atoms with Crippen molar-refractivity contribution in [1.29, 1.82) is 0 Å². The first-order valence-electron chi connectivity index (χ1n) is 5.26. The summed E-state index contributed by atoms with van der Waals surface area (Å²) in [6.45, 7) is 0. The van der Waals surface area contributed by atoms with Gasteiger partial charge in [0.1, 0.15) is 17.3 Å². The summed E-state index contributed by atoms with van der Waals surface area (Å²) >= 11 is 7.75. The molecule has 96 valence electrons. The lowest BCUT2D eigenvalue weighted by molar-refractivity contribution is 0.409. The molecule has 0 radical (unpaired) electrons. The fourth-order valence-electron chi connectivity index (χ4n) is 1.64. The van der Waals surface area contributed by atoms with Crippen molar-refractivity contribution >= 4 is 22.9 Å². The molecule has 2 nitrogen and oxygen atoms in total. The van der Waals surface area contributed by atoms with Crippen LogP contribution in [0.5, 0.6) is 11.5 Å². The van der Waals surface area contributed by atoms with E-state index in [0.29, 0.717) is 17.1 Å². The third kappa shape index (κ3) is 2.44. The van der Waals surface area contributed by atoms with E-state index in [4.69, 9.17) is 21.1 Å². The molecule has 0 bridgehead atoms. The highest BCUT2D eigenvalue weighted by Crippen LogP contribution is 2.40. The number of benzene rings is 1. The zero-order valence-corrected chi connectivity index (χ0v) is 11.5. The lowest BCUT2D eigenvalue weighted by Crippen LogP contribution is -1.97. The van der Waals surface area contributed by atoms with E-state index < -0.39 is 5.38 Å². The fraction of sp³-hybridized carbons (Fsp3) is 0.231. The molecule has 18 heavy (non-hydrogen) atoms. The van der Waals surface area contributed by atoms with Crippen LogP contribution in [0.4, 0.5) is 4.39 Å². The van der Waals surface area contributed by atoms with Gasteiger partial charge in [-0.1, -0.05) is 6.07 Å². The molecule has 1 aromatic heterocycles. The Labute approximate surface area is 114 Å². The topological polar surface area (TPSA) is 18.5 Å². The molecule has 0 fully saturated rings. The van der Waals surface area contributed by atoms with E-state index in [-0.39, 0.29) is 5.82 Å². The van der Waals surface area contributed by atoms with Crippen LogP contribution in [0.3, 0.4) is 0 Å². The number of rotatable bonds is 4. The van der Waals surface area contributed by atoms with Crippen molar-refractivity contribution in [3.63, 3.8) is 0 Å². The highest BCUT2D eigenvalue weighted by atomic mass is 35.5. The van der Waals surface area contributed by atoms with Crippen molar-refractivity contribution in [2.75, 3.05) is 14.2 Å². The summed E-state index contributed by atoms with van der Waals surface area (Å²) in [5.74, 6) is 0.762. The molecular formula is C13H12ClFO2S. The summed E-state index contributed by atoms with van der Waals surface area (Å²) in [7, 11) is 3.06. The first-order chi connectivity index (χ1) is 8.67. The summed E-state index contributed by atoms with van der Waals surface area (Å²) in [5, 5.41) is 1.30. The molecule has 1 unspecified atom stereocenters. The molecule has 0 N–H and O–H groups in total. The van der Waals surface area contributed by atoms with E-state index >= 15 is 0 Å². The maximum atomic E-state index is 13.9. The lowest BCUT2D eigenvalue weighted by Gasteiger charge is -2.12. The Morgan fingerprint density at radius 1 is 1.22 bits per heavy atom. The second-order valence-electron chi connectivity index (χ2n) is 3.60. The number of methoxy groups -OCH3 is 2. The summed E-state index contributed by atoms with van der Waals surface area (Å²) in [6.07, 6.45) is 0. The van der Waals surface area contributed by atoms with Gasteiger partial charge in [-0.15, -0.1) is 22.9 Å². The number of hydrogen-bond acceptors (Lipinski definition) is 3. The van der Waals surface area contributed by atoms with Gasteiger partial charge in [-0.25, -0.2) is 4.39 Å². The van der Waals surface area contributed by atoms with Crippen LogP contribution in [-0.4, -0.2) is 14.2 Å². The van der Waals surface area contributed by atoms with Crippen molar-refractivity contribution in [2.45, 2.75) is 5.38 Å². The van der Waals surface area contributed by atoms with Gasteiger partial charge in [0, 0.05) is 11.6 Å². The van der Waals surface area contributed by atoms with Crippen molar-refractivity contribution < 1.29 is 13.9 Å². The van der Waals surface area contributed by atoms with Crippen LogP contribution >= 0.6 is 22.9 Å². The molecule has 0 saturated carbocycles. The number of alkyl halides is 1. The van der Waals surface area contributed by atoms with E-state index in [9.17, 15) is 4.39 Å². The van der Waals surface area contributed by atoms with Crippen LogP contribution in [0.15, 0.2) is 29.6 Å². The highest BCUT2D eigenvalue weighted by molar-refractivity contribution is 7.10. The standard InChI is InChI=1S/C13H12ClFO2S/c1-16-8-3-4-9(10(15)7-8)12(14)13-11(17-2)5-6-18-13/h3-7,12H,1-2H3. The maximum Gasteiger partial charge on any atom is 0.134 e. The van der Waals surface area contributed by atoms with Crippen molar-refractivity contribution in [1.82, 2.24) is 0 Å². The first-order valence-corrected chi connectivity index (χ1v) is 6.58. The molecule has 5 heteroatoms. The zero-order chi connectivity index (χ0) is 13.1. The molecule has 1 aromatic carbocycles. The van der Waals surface area contributed by atoms with Crippen molar-refractivity contribution in [2.24, 2.45) is 0 Å². The van der Waals surface area contributed by atoms with Gasteiger partial charge in [0.2, 0.25) is 0 Å². The van der Waals surface area contributed by atoms with E-state index in [0.717, 1.165) is 4.88 Å². The molecule has 0 spiro atoms. The second-order valence-corrected chi connectivity index (χ2v) is 4.99. The quantitative estimate of drug-likeness (QED) is 0.783. The molecule has 2 aromatic rings. The Balaban J connectivity index is 2.37. The monoisotopic (exact) mass is 286 g/mol. The fourth-order valence-corrected chi connectivity index (χ4v) is 2.94. The van der Waals surface area contributed by atoms with Gasteiger partial charge >= 0.3 is 0 Å². The minimum atomic E-state index is -0.564. The molecule has 2 rings (SSSR count). The van der Waals surface area contributed by atoms with Crippen LogP contribution in [0.1, 0.15) is 15.8 Å².